The lowest BCUT2D eigenvalue weighted by Crippen LogP contribution is -2.55. The molecule has 0 saturated heterocycles. The topological polar surface area (TPSA) is 137 Å². The van der Waals surface area contributed by atoms with Gasteiger partial charge in [0.15, 0.2) is 0 Å². The van der Waals surface area contributed by atoms with Gasteiger partial charge in [-0.3, -0.25) is 9.59 Å². The molecular weight excluding hydrogens is 556 g/mol. The Kier molecular flexibility index (Phi) is 14.1. The van der Waals surface area contributed by atoms with Crippen LogP contribution in [0.25, 0.3) is 0 Å². The number of carbonyl (C=O) groups excluding carboxylic acids is 2. The van der Waals surface area contributed by atoms with E-state index in [1.165, 1.54) is 16.4 Å². The molecule has 0 aliphatic heterocycles. The summed E-state index contributed by atoms with van der Waals surface area (Å²) >= 11 is 0. The van der Waals surface area contributed by atoms with Crippen LogP contribution in [-0.4, -0.2) is 81.8 Å². The third-order valence-electron chi connectivity index (χ3n) is 6.68. The summed E-state index contributed by atoms with van der Waals surface area (Å²) in [6, 6.07) is 17.3. The van der Waals surface area contributed by atoms with Gasteiger partial charge < -0.3 is 25.8 Å². The van der Waals surface area contributed by atoms with E-state index in [1.807, 2.05) is 58.0 Å². The van der Waals surface area contributed by atoms with Crippen LogP contribution in [-0.2, 0) is 30.8 Å². The third kappa shape index (κ3) is 11.8. The molecule has 0 spiro atoms. The molecule has 1 unspecified atom stereocenters. The van der Waals surface area contributed by atoms with E-state index >= 15 is 0 Å². The highest BCUT2D eigenvalue weighted by molar-refractivity contribution is 7.89. The van der Waals surface area contributed by atoms with E-state index in [0.717, 1.165) is 5.56 Å². The minimum atomic E-state index is -4.06. The molecule has 4 N–H and O–H groups in total. The molecule has 2 rings (SSSR count). The van der Waals surface area contributed by atoms with Gasteiger partial charge in [0.1, 0.15) is 5.72 Å². The molecule has 234 valence electrons. The van der Waals surface area contributed by atoms with Crippen molar-refractivity contribution in [2.24, 2.45) is 11.3 Å². The summed E-state index contributed by atoms with van der Waals surface area (Å²) in [4.78, 5) is 25.1. The first-order chi connectivity index (χ1) is 19.8. The fourth-order valence-electron chi connectivity index (χ4n) is 4.51. The fraction of sp³-hybridized carbons (Fsp3) is 0.548. The first-order valence-electron chi connectivity index (χ1n) is 14.4. The van der Waals surface area contributed by atoms with Crippen LogP contribution in [0.2, 0.25) is 0 Å². The van der Waals surface area contributed by atoms with Crippen molar-refractivity contribution in [3.05, 3.63) is 66.2 Å². The number of methoxy groups -OCH3 is 1. The Morgan fingerprint density at radius 3 is 2.17 bits per heavy atom. The molecule has 0 aliphatic carbocycles. The van der Waals surface area contributed by atoms with Crippen LogP contribution < -0.4 is 16.0 Å². The Morgan fingerprint density at radius 2 is 1.57 bits per heavy atom. The van der Waals surface area contributed by atoms with E-state index in [1.54, 1.807) is 25.3 Å². The average Bonchev–Trinajstić information content (AvgIpc) is 2.93. The molecule has 1 atom stereocenters. The number of benzene rings is 2. The summed E-state index contributed by atoms with van der Waals surface area (Å²) in [6.07, 6.45) is 0.175. The van der Waals surface area contributed by atoms with Crippen molar-refractivity contribution in [3.8, 4) is 0 Å². The summed E-state index contributed by atoms with van der Waals surface area (Å²) in [7, 11) is -2.47. The van der Waals surface area contributed by atoms with Gasteiger partial charge in [-0.2, -0.15) is 4.31 Å². The molecule has 10 nitrogen and oxygen atoms in total. The van der Waals surface area contributed by atoms with E-state index in [4.69, 9.17) is 4.74 Å². The zero-order valence-electron chi connectivity index (χ0n) is 25.6. The number of sulfonamides is 1. The second-order valence-electron chi connectivity index (χ2n) is 11.8. The van der Waals surface area contributed by atoms with E-state index in [-0.39, 0.29) is 61.5 Å². The van der Waals surface area contributed by atoms with Crippen molar-refractivity contribution in [2.75, 3.05) is 46.4 Å². The van der Waals surface area contributed by atoms with Crippen LogP contribution in [0.1, 0.15) is 46.1 Å². The minimum Gasteiger partial charge on any atom is -0.383 e. The van der Waals surface area contributed by atoms with Gasteiger partial charge in [0.05, 0.1) is 18.0 Å². The van der Waals surface area contributed by atoms with E-state index in [9.17, 15) is 23.1 Å². The molecule has 0 aliphatic rings. The van der Waals surface area contributed by atoms with Crippen molar-refractivity contribution < 1.29 is 27.9 Å². The van der Waals surface area contributed by atoms with E-state index < -0.39 is 21.2 Å². The third-order valence-corrected chi connectivity index (χ3v) is 8.61. The highest BCUT2D eigenvalue weighted by Gasteiger charge is 2.43. The molecule has 0 aromatic heterocycles. The number of nitrogens with one attached hydrogen (secondary N) is 3. The van der Waals surface area contributed by atoms with Crippen LogP contribution >= 0.6 is 0 Å². The molecule has 0 fully saturated rings. The van der Waals surface area contributed by atoms with Crippen LogP contribution in [0.4, 0.5) is 0 Å². The van der Waals surface area contributed by atoms with Gasteiger partial charge in [0.25, 0.3) is 0 Å². The number of hydrogen-bond acceptors (Lipinski definition) is 7. The van der Waals surface area contributed by atoms with Crippen molar-refractivity contribution in [1.82, 2.24) is 20.3 Å². The van der Waals surface area contributed by atoms with Gasteiger partial charge in [-0.15, -0.1) is 0 Å². The Morgan fingerprint density at radius 1 is 0.952 bits per heavy atom. The monoisotopic (exact) mass is 604 g/mol. The summed E-state index contributed by atoms with van der Waals surface area (Å²) in [6.45, 7) is 9.25. The maximum absolute atomic E-state index is 13.8. The van der Waals surface area contributed by atoms with Gasteiger partial charge in [-0.25, -0.2) is 8.42 Å². The predicted octanol–water partition coefficient (Wildman–Crippen LogP) is 2.54. The number of hydrogen-bond donors (Lipinski definition) is 4. The van der Waals surface area contributed by atoms with Crippen molar-refractivity contribution in [2.45, 2.75) is 57.6 Å². The van der Waals surface area contributed by atoms with Gasteiger partial charge >= 0.3 is 0 Å². The van der Waals surface area contributed by atoms with Crippen molar-refractivity contribution >= 4 is 21.8 Å². The quantitative estimate of drug-likeness (QED) is 0.143. The average molecular weight is 605 g/mol. The molecule has 2 amide bonds. The van der Waals surface area contributed by atoms with Gasteiger partial charge in [-0.1, -0.05) is 76.2 Å². The largest absolute Gasteiger partial charge is 0.383 e. The molecule has 0 radical (unpaired) electrons. The predicted molar refractivity (Wildman–Crippen MR) is 164 cm³/mol. The standard InChI is InChI=1S/C31H48N4O6S/c1-25(2)23-35(42(39,40)27-14-10-7-11-15-27)31(38,20-26-12-8-6-9-13-26)16-17-33-28(36)21-30(3,4)24-34-29(37)22-32-18-19-41-5/h6-15,25,32,38H,16-24H2,1-5H3,(H,33,36)(H,34,37). The van der Waals surface area contributed by atoms with Crippen molar-refractivity contribution in [1.29, 1.82) is 0 Å². The summed E-state index contributed by atoms with van der Waals surface area (Å²) in [5.41, 5.74) is -1.54. The second kappa shape index (κ2) is 16.7. The zero-order valence-corrected chi connectivity index (χ0v) is 26.4. The van der Waals surface area contributed by atoms with Gasteiger partial charge in [0.2, 0.25) is 21.8 Å². The normalized spacial score (nSPS) is 13.6. The first kappa shape index (κ1) is 35.4. The lowest BCUT2D eigenvalue weighted by molar-refractivity contribution is -0.125. The molecule has 2 aromatic carbocycles. The molecule has 11 heteroatoms. The highest BCUT2D eigenvalue weighted by atomic mass is 32.2. The van der Waals surface area contributed by atoms with Crippen LogP contribution in [0.15, 0.2) is 65.6 Å². The highest BCUT2D eigenvalue weighted by Crippen LogP contribution is 2.30. The number of aliphatic hydroxyl groups is 1. The van der Waals surface area contributed by atoms with E-state index in [0.29, 0.717) is 19.7 Å². The molecule has 0 heterocycles. The van der Waals surface area contributed by atoms with Gasteiger partial charge in [-0.05, 0) is 29.0 Å². The Hall–Kier alpha value is -2.83. The SMILES string of the molecule is COCCNCC(=O)NCC(C)(C)CC(=O)NCCC(O)(Cc1ccccc1)N(CC(C)C)S(=O)(=O)c1ccccc1. The molecule has 42 heavy (non-hydrogen) atoms. The Bertz CT molecular complexity index is 1210. The number of amides is 2. The number of ether oxygens (including phenoxy) is 1. The smallest absolute Gasteiger partial charge is 0.245 e. The van der Waals surface area contributed by atoms with Crippen LogP contribution in [0.5, 0.6) is 0 Å². The number of nitrogens with zero attached hydrogens (tertiary/aromatic N) is 1. The molecule has 2 aromatic rings. The summed E-state index contributed by atoms with van der Waals surface area (Å²) in [5, 5.41) is 20.8. The first-order valence-corrected chi connectivity index (χ1v) is 15.8. The fourth-order valence-corrected chi connectivity index (χ4v) is 6.36. The Labute approximate surface area is 251 Å². The zero-order chi connectivity index (χ0) is 31.2. The minimum absolute atomic E-state index is 0.0171. The molecular formula is C31H48N4O6S. The molecule has 0 bridgehead atoms. The number of rotatable bonds is 19. The Balaban J connectivity index is 2.13. The van der Waals surface area contributed by atoms with Crippen LogP contribution in [0.3, 0.4) is 0 Å². The summed E-state index contributed by atoms with van der Waals surface area (Å²) < 4.78 is 33.8. The van der Waals surface area contributed by atoms with E-state index in [2.05, 4.69) is 16.0 Å². The van der Waals surface area contributed by atoms with Crippen LogP contribution in [0, 0.1) is 11.3 Å². The maximum Gasteiger partial charge on any atom is 0.245 e. The lowest BCUT2D eigenvalue weighted by atomic mass is 9.88. The number of carbonyl (C=O) groups is 2. The molecule has 0 saturated carbocycles. The van der Waals surface area contributed by atoms with Crippen molar-refractivity contribution in [3.63, 3.8) is 0 Å². The lowest BCUT2D eigenvalue weighted by Gasteiger charge is -2.40. The summed E-state index contributed by atoms with van der Waals surface area (Å²) in [5.74, 6) is -0.488. The second-order valence-corrected chi connectivity index (χ2v) is 13.6. The van der Waals surface area contributed by atoms with Gasteiger partial charge in [0, 0.05) is 52.6 Å². The maximum atomic E-state index is 13.8.